The Hall–Kier alpha value is -0.880. The fourth-order valence-electron chi connectivity index (χ4n) is 2.34. The number of hydrogen-bond donors (Lipinski definition) is 0. The molecule has 19 heavy (non-hydrogen) atoms. The lowest BCUT2D eigenvalue weighted by molar-refractivity contribution is -0.00234. The van der Waals surface area contributed by atoms with Gasteiger partial charge in [-0.25, -0.2) is 4.98 Å². The van der Waals surface area contributed by atoms with E-state index in [4.69, 9.17) is 4.74 Å². The zero-order valence-electron chi connectivity index (χ0n) is 11.5. The SMILES string of the molecule is CC1CN(c2nccn(C(C)C)c2=O)CC(CBr)O1. The van der Waals surface area contributed by atoms with Gasteiger partial charge in [0.05, 0.1) is 12.2 Å². The number of nitrogens with zero attached hydrogens (tertiary/aromatic N) is 3. The van der Waals surface area contributed by atoms with Gasteiger partial charge in [0.2, 0.25) is 0 Å². The Kier molecular flexibility index (Phi) is 4.62. The van der Waals surface area contributed by atoms with Crippen molar-refractivity contribution >= 4 is 21.7 Å². The molecule has 2 atom stereocenters. The Morgan fingerprint density at radius 3 is 2.89 bits per heavy atom. The minimum atomic E-state index is -0.0278. The Morgan fingerprint density at radius 2 is 2.26 bits per heavy atom. The predicted octanol–water partition coefficient (Wildman–Crippen LogP) is 1.81. The molecule has 0 aliphatic carbocycles. The van der Waals surface area contributed by atoms with Gasteiger partial charge in [-0.3, -0.25) is 4.79 Å². The average Bonchev–Trinajstić information content (AvgIpc) is 2.37. The van der Waals surface area contributed by atoms with E-state index in [9.17, 15) is 4.79 Å². The molecule has 5 nitrogen and oxygen atoms in total. The van der Waals surface area contributed by atoms with E-state index in [-0.39, 0.29) is 23.8 Å². The molecule has 1 aliphatic rings. The first-order valence-electron chi connectivity index (χ1n) is 6.56. The number of morpholine rings is 1. The van der Waals surface area contributed by atoms with Crippen LogP contribution in [-0.2, 0) is 4.74 Å². The van der Waals surface area contributed by atoms with Gasteiger partial charge in [-0.05, 0) is 20.8 Å². The highest BCUT2D eigenvalue weighted by Gasteiger charge is 2.27. The summed E-state index contributed by atoms with van der Waals surface area (Å²) < 4.78 is 7.49. The van der Waals surface area contributed by atoms with Gasteiger partial charge in [-0.1, -0.05) is 15.9 Å². The molecule has 2 heterocycles. The third-order valence-corrected chi connectivity index (χ3v) is 3.93. The van der Waals surface area contributed by atoms with Crippen molar-refractivity contribution in [2.45, 2.75) is 39.0 Å². The summed E-state index contributed by atoms with van der Waals surface area (Å²) in [7, 11) is 0. The number of ether oxygens (including phenoxy) is 1. The lowest BCUT2D eigenvalue weighted by Gasteiger charge is -2.36. The fraction of sp³-hybridized carbons (Fsp3) is 0.692. The van der Waals surface area contributed by atoms with E-state index in [1.165, 1.54) is 0 Å². The molecule has 0 bridgehead atoms. The Labute approximate surface area is 121 Å². The number of alkyl halides is 1. The van der Waals surface area contributed by atoms with Crippen LogP contribution in [0.2, 0.25) is 0 Å². The third-order valence-electron chi connectivity index (χ3n) is 3.20. The molecule has 0 radical (unpaired) electrons. The van der Waals surface area contributed by atoms with Crippen molar-refractivity contribution in [2.75, 3.05) is 23.3 Å². The van der Waals surface area contributed by atoms with Crippen LogP contribution in [0.25, 0.3) is 0 Å². The van der Waals surface area contributed by atoms with E-state index in [0.717, 1.165) is 5.33 Å². The number of rotatable bonds is 3. The summed E-state index contributed by atoms with van der Waals surface area (Å²) in [5, 5.41) is 0.763. The topological polar surface area (TPSA) is 47.4 Å². The lowest BCUT2D eigenvalue weighted by Crippen LogP contribution is -2.49. The second-order valence-electron chi connectivity index (χ2n) is 5.19. The van der Waals surface area contributed by atoms with Gasteiger partial charge in [0.25, 0.3) is 5.56 Å². The van der Waals surface area contributed by atoms with E-state index >= 15 is 0 Å². The van der Waals surface area contributed by atoms with Crippen LogP contribution < -0.4 is 10.5 Å². The highest BCUT2D eigenvalue weighted by Crippen LogP contribution is 2.17. The molecule has 1 aromatic rings. The Morgan fingerprint density at radius 1 is 1.53 bits per heavy atom. The van der Waals surface area contributed by atoms with Crippen molar-refractivity contribution in [3.63, 3.8) is 0 Å². The number of anilines is 1. The second kappa shape index (κ2) is 6.05. The van der Waals surface area contributed by atoms with Gasteiger partial charge >= 0.3 is 0 Å². The maximum absolute atomic E-state index is 12.4. The summed E-state index contributed by atoms with van der Waals surface area (Å²) in [6.07, 6.45) is 3.63. The van der Waals surface area contributed by atoms with Crippen molar-refractivity contribution in [1.82, 2.24) is 9.55 Å². The smallest absolute Gasteiger partial charge is 0.293 e. The summed E-state index contributed by atoms with van der Waals surface area (Å²) in [6.45, 7) is 7.41. The van der Waals surface area contributed by atoms with Gasteiger partial charge in [0.1, 0.15) is 0 Å². The summed E-state index contributed by atoms with van der Waals surface area (Å²) in [5.41, 5.74) is -0.0278. The van der Waals surface area contributed by atoms with Gasteiger partial charge in [0, 0.05) is 36.9 Å². The van der Waals surface area contributed by atoms with Gasteiger partial charge < -0.3 is 14.2 Å². The van der Waals surface area contributed by atoms with Crippen LogP contribution in [-0.4, -0.2) is 40.2 Å². The average molecular weight is 330 g/mol. The molecule has 1 fully saturated rings. The molecule has 2 rings (SSSR count). The molecule has 0 N–H and O–H groups in total. The Balaban J connectivity index is 2.31. The van der Waals surface area contributed by atoms with E-state index < -0.39 is 0 Å². The molecule has 2 unspecified atom stereocenters. The van der Waals surface area contributed by atoms with Crippen LogP contribution in [0.5, 0.6) is 0 Å². The molecular formula is C13H20BrN3O2. The molecule has 1 aromatic heterocycles. The van der Waals surface area contributed by atoms with Crippen molar-refractivity contribution in [2.24, 2.45) is 0 Å². The Bertz CT molecular complexity index is 489. The normalized spacial score (nSPS) is 23.9. The largest absolute Gasteiger partial charge is 0.371 e. The number of hydrogen-bond acceptors (Lipinski definition) is 4. The number of halogens is 1. The second-order valence-corrected chi connectivity index (χ2v) is 5.83. The first-order valence-corrected chi connectivity index (χ1v) is 7.68. The molecule has 0 aromatic carbocycles. The van der Waals surface area contributed by atoms with Crippen LogP contribution >= 0.6 is 15.9 Å². The molecule has 1 aliphatic heterocycles. The standard InChI is InChI=1S/C13H20BrN3O2/c1-9(2)17-5-4-15-12(13(17)18)16-7-10(3)19-11(6-14)8-16/h4-5,9-11H,6-8H2,1-3H3. The highest BCUT2D eigenvalue weighted by atomic mass is 79.9. The van der Waals surface area contributed by atoms with Crippen molar-refractivity contribution in [3.05, 3.63) is 22.7 Å². The first kappa shape index (κ1) is 14.5. The van der Waals surface area contributed by atoms with Crippen LogP contribution in [0.3, 0.4) is 0 Å². The quantitative estimate of drug-likeness (QED) is 0.793. The predicted molar refractivity (Wildman–Crippen MR) is 79.2 cm³/mol. The van der Waals surface area contributed by atoms with Crippen LogP contribution in [0.4, 0.5) is 5.82 Å². The third kappa shape index (κ3) is 3.17. The summed E-state index contributed by atoms with van der Waals surface area (Å²) >= 11 is 3.44. The van der Waals surface area contributed by atoms with Gasteiger partial charge in [0.15, 0.2) is 5.82 Å². The van der Waals surface area contributed by atoms with Crippen molar-refractivity contribution in [1.29, 1.82) is 0 Å². The zero-order valence-corrected chi connectivity index (χ0v) is 13.1. The highest BCUT2D eigenvalue weighted by molar-refractivity contribution is 9.09. The minimum absolute atomic E-state index is 0.0278. The summed E-state index contributed by atoms with van der Waals surface area (Å²) in [4.78, 5) is 18.7. The molecule has 0 spiro atoms. The van der Waals surface area contributed by atoms with Gasteiger partial charge in [-0.2, -0.15) is 0 Å². The maximum atomic E-state index is 12.4. The molecule has 1 saturated heterocycles. The van der Waals surface area contributed by atoms with Gasteiger partial charge in [-0.15, -0.1) is 0 Å². The maximum Gasteiger partial charge on any atom is 0.293 e. The monoisotopic (exact) mass is 329 g/mol. The fourth-order valence-corrected chi connectivity index (χ4v) is 2.70. The van der Waals surface area contributed by atoms with E-state index in [2.05, 4.69) is 20.9 Å². The summed E-state index contributed by atoms with van der Waals surface area (Å²) in [6, 6.07) is 0.139. The molecule has 0 amide bonds. The summed E-state index contributed by atoms with van der Waals surface area (Å²) in [5.74, 6) is 0.525. The first-order chi connectivity index (χ1) is 9.02. The van der Waals surface area contributed by atoms with Crippen molar-refractivity contribution in [3.8, 4) is 0 Å². The van der Waals surface area contributed by atoms with Crippen LogP contribution in [0.1, 0.15) is 26.8 Å². The van der Waals surface area contributed by atoms with Crippen LogP contribution in [0.15, 0.2) is 17.2 Å². The van der Waals surface area contributed by atoms with Crippen molar-refractivity contribution < 1.29 is 4.74 Å². The molecule has 6 heteroatoms. The molecular weight excluding hydrogens is 310 g/mol. The number of aromatic nitrogens is 2. The molecule has 106 valence electrons. The van der Waals surface area contributed by atoms with E-state index in [0.29, 0.717) is 18.9 Å². The van der Waals surface area contributed by atoms with Crippen LogP contribution in [0, 0.1) is 0 Å². The zero-order chi connectivity index (χ0) is 14.0. The molecule has 0 saturated carbocycles. The van der Waals surface area contributed by atoms with E-state index in [1.807, 2.05) is 25.7 Å². The lowest BCUT2D eigenvalue weighted by atomic mass is 10.2. The van der Waals surface area contributed by atoms with E-state index in [1.54, 1.807) is 17.0 Å². The minimum Gasteiger partial charge on any atom is -0.371 e.